The number of carbonyl (C=O) groups is 1. The molecule has 2 aliphatic heterocycles. The predicted molar refractivity (Wildman–Crippen MR) is 84.7 cm³/mol. The van der Waals surface area contributed by atoms with E-state index in [0.717, 1.165) is 35.0 Å². The maximum atomic E-state index is 10.9. The van der Waals surface area contributed by atoms with E-state index in [4.69, 9.17) is 14.6 Å². The van der Waals surface area contributed by atoms with Gasteiger partial charge in [-0.05, 0) is 31.0 Å². The molecule has 0 radical (unpaired) electrons. The van der Waals surface area contributed by atoms with Crippen molar-refractivity contribution in [1.82, 2.24) is 10.2 Å². The fourth-order valence-corrected chi connectivity index (χ4v) is 2.49. The number of nitrogens with zero attached hydrogens (tertiary/aromatic N) is 2. The molecule has 1 aromatic carbocycles. The lowest BCUT2D eigenvalue weighted by Crippen LogP contribution is -2.42. The van der Waals surface area contributed by atoms with Crippen LogP contribution in [0.25, 0.3) is 0 Å². The van der Waals surface area contributed by atoms with Crippen LogP contribution in [0.2, 0.25) is 0 Å². The second-order valence-corrected chi connectivity index (χ2v) is 5.45. The van der Waals surface area contributed by atoms with Crippen LogP contribution in [0.1, 0.15) is 12.5 Å². The van der Waals surface area contributed by atoms with Gasteiger partial charge in [-0.2, -0.15) is 0 Å². The molecular formula is C16H19N3O4. The summed E-state index contributed by atoms with van der Waals surface area (Å²) < 4.78 is 10.6. The number of aliphatic imine (C=N–C) groups is 1. The Morgan fingerprint density at radius 3 is 3.04 bits per heavy atom. The first-order valence-electron chi connectivity index (χ1n) is 7.44. The summed E-state index contributed by atoms with van der Waals surface area (Å²) in [6.07, 6.45) is 2.56. The number of carboxylic acid groups (broad SMARTS) is 1. The summed E-state index contributed by atoms with van der Waals surface area (Å²) in [5, 5.41) is 12.0. The van der Waals surface area contributed by atoms with Crippen LogP contribution in [-0.2, 0) is 11.2 Å². The van der Waals surface area contributed by atoms with Crippen LogP contribution in [0.3, 0.4) is 0 Å². The van der Waals surface area contributed by atoms with Crippen LogP contribution in [0.15, 0.2) is 35.1 Å². The highest BCUT2D eigenvalue weighted by atomic mass is 16.7. The van der Waals surface area contributed by atoms with E-state index in [2.05, 4.69) is 10.3 Å². The Morgan fingerprint density at radius 2 is 2.22 bits per heavy atom. The Bertz CT molecular complexity index is 669. The van der Waals surface area contributed by atoms with Gasteiger partial charge in [-0.1, -0.05) is 6.07 Å². The van der Waals surface area contributed by atoms with E-state index in [1.54, 1.807) is 11.1 Å². The molecule has 0 fully saturated rings. The van der Waals surface area contributed by atoms with Gasteiger partial charge in [-0.15, -0.1) is 0 Å². The fraction of sp³-hybridized carbons (Fsp3) is 0.375. The molecular weight excluding hydrogens is 298 g/mol. The summed E-state index contributed by atoms with van der Waals surface area (Å²) in [5.74, 6) is 1.48. The number of aliphatic carboxylic acids is 1. The molecule has 0 atom stereocenters. The van der Waals surface area contributed by atoms with Gasteiger partial charge in [0, 0.05) is 18.4 Å². The maximum absolute atomic E-state index is 10.9. The number of allylic oxidation sites excluding steroid dienone is 1. The van der Waals surface area contributed by atoms with Crippen LogP contribution < -0.4 is 14.8 Å². The molecule has 0 aromatic heterocycles. The van der Waals surface area contributed by atoms with Crippen molar-refractivity contribution in [2.75, 3.05) is 26.4 Å². The van der Waals surface area contributed by atoms with Crippen molar-refractivity contribution in [3.63, 3.8) is 0 Å². The molecule has 0 unspecified atom stereocenters. The molecule has 7 heteroatoms. The minimum Gasteiger partial charge on any atom is -0.480 e. The quantitative estimate of drug-likeness (QED) is 0.849. The first-order chi connectivity index (χ1) is 11.1. The number of hydrogen-bond donors (Lipinski definition) is 2. The Labute approximate surface area is 134 Å². The molecule has 23 heavy (non-hydrogen) atoms. The highest BCUT2D eigenvalue weighted by Gasteiger charge is 2.17. The van der Waals surface area contributed by atoms with Gasteiger partial charge in [0.15, 0.2) is 11.5 Å². The zero-order valence-corrected chi connectivity index (χ0v) is 12.9. The molecule has 0 bridgehead atoms. The molecule has 2 aliphatic rings. The van der Waals surface area contributed by atoms with Gasteiger partial charge < -0.3 is 24.8 Å². The number of hydrogen-bond acceptors (Lipinski definition) is 5. The van der Waals surface area contributed by atoms with E-state index in [0.29, 0.717) is 13.1 Å². The zero-order chi connectivity index (χ0) is 16.2. The lowest BCUT2D eigenvalue weighted by Gasteiger charge is -2.28. The molecule has 0 amide bonds. The van der Waals surface area contributed by atoms with Gasteiger partial charge in [-0.25, -0.2) is 0 Å². The van der Waals surface area contributed by atoms with E-state index < -0.39 is 5.97 Å². The molecule has 2 N–H and O–H groups in total. The van der Waals surface area contributed by atoms with Gasteiger partial charge in [0.05, 0.1) is 6.54 Å². The van der Waals surface area contributed by atoms with Gasteiger partial charge in [-0.3, -0.25) is 9.79 Å². The number of amidine groups is 1. The standard InChI is InChI=1S/C16H19N3O4/c1-11-7-18-15(8-19(11)9-16(20)21)17-5-4-12-2-3-13-14(6-12)23-10-22-13/h2-3,6-7H,4-5,8-10H2,1H3,(H,17,18)(H,20,21). The second-order valence-electron chi connectivity index (χ2n) is 5.45. The molecule has 0 saturated heterocycles. The van der Waals surface area contributed by atoms with E-state index in [1.807, 2.05) is 25.1 Å². The normalized spacial score (nSPS) is 17.9. The highest BCUT2D eigenvalue weighted by Crippen LogP contribution is 2.32. The number of benzene rings is 1. The summed E-state index contributed by atoms with van der Waals surface area (Å²) in [6, 6.07) is 5.88. The van der Waals surface area contributed by atoms with Gasteiger partial charge in [0.1, 0.15) is 12.4 Å². The summed E-state index contributed by atoms with van der Waals surface area (Å²) in [4.78, 5) is 17.2. The molecule has 0 aliphatic carbocycles. The average Bonchev–Trinajstić information content (AvgIpc) is 2.97. The van der Waals surface area contributed by atoms with Crippen molar-refractivity contribution in [3.05, 3.63) is 35.7 Å². The summed E-state index contributed by atoms with van der Waals surface area (Å²) >= 11 is 0. The predicted octanol–water partition coefficient (Wildman–Crippen LogP) is 1.21. The topological polar surface area (TPSA) is 83.4 Å². The SMILES string of the molecule is CC1=CNC(=NCCc2ccc3c(c2)OCO3)CN1CC(=O)O. The van der Waals surface area contributed by atoms with Gasteiger partial charge in [0.25, 0.3) is 0 Å². The van der Waals surface area contributed by atoms with Crippen LogP contribution in [0.5, 0.6) is 11.5 Å². The Hall–Kier alpha value is -2.70. The van der Waals surface area contributed by atoms with E-state index in [9.17, 15) is 4.79 Å². The number of nitrogens with one attached hydrogen (secondary N) is 1. The summed E-state index contributed by atoms with van der Waals surface area (Å²) in [6.45, 7) is 3.23. The Kier molecular flexibility index (Phi) is 4.36. The molecule has 2 heterocycles. The van der Waals surface area contributed by atoms with Crippen LogP contribution in [-0.4, -0.2) is 48.2 Å². The van der Waals surface area contributed by atoms with E-state index >= 15 is 0 Å². The highest BCUT2D eigenvalue weighted by molar-refractivity contribution is 5.86. The third-order valence-corrected chi connectivity index (χ3v) is 3.75. The van der Waals surface area contributed by atoms with Crippen molar-refractivity contribution < 1.29 is 19.4 Å². The minimum atomic E-state index is -0.848. The van der Waals surface area contributed by atoms with Crippen molar-refractivity contribution >= 4 is 11.8 Å². The fourth-order valence-electron chi connectivity index (χ4n) is 2.49. The average molecular weight is 317 g/mol. The lowest BCUT2D eigenvalue weighted by atomic mass is 10.1. The molecule has 1 aromatic rings. The first kappa shape index (κ1) is 15.2. The van der Waals surface area contributed by atoms with Crippen molar-refractivity contribution in [3.8, 4) is 11.5 Å². The lowest BCUT2D eigenvalue weighted by molar-refractivity contribution is -0.137. The molecule has 0 spiro atoms. The smallest absolute Gasteiger partial charge is 0.323 e. The number of ether oxygens (including phenoxy) is 2. The second kappa shape index (κ2) is 6.60. The maximum Gasteiger partial charge on any atom is 0.323 e. The summed E-state index contributed by atoms with van der Waals surface area (Å²) in [7, 11) is 0. The molecule has 3 rings (SSSR count). The molecule has 122 valence electrons. The van der Waals surface area contributed by atoms with Crippen molar-refractivity contribution in [1.29, 1.82) is 0 Å². The number of fused-ring (bicyclic) bond motifs is 1. The third kappa shape index (κ3) is 3.74. The van der Waals surface area contributed by atoms with E-state index in [1.165, 1.54) is 0 Å². The monoisotopic (exact) mass is 317 g/mol. The van der Waals surface area contributed by atoms with Gasteiger partial charge in [0.2, 0.25) is 6.79 Å². The Morgan fingerprint density at radius 1 is 1.39 bits per heavy atom. The molecule has 0 saturated carbocycles. The Balaban J connectivity index is 1.57. The van der Waals surface area contributed by atoms with Crippen LogP contribution in [0.4, 0.5) is 0 Å². The third-order valence-electron chi connectivity index (χ3n) is 3.75. The van der Waals surface area contributed by atoms with Gasteiger partial charge >= 0.3 is 5.97 Å². The number of rotatable bonds is 5. The zero-order valence-electron chi connectivity index (χ0n) is 12.9. The van der Waals surface area contributed by atoms with E-state index in [-0.39, 0.29) is 13.3 Å². The minimum absolute atomic E-state index is 0.0226. The first-order valence-corrected chi connectivity index (χ1v) is 7.44. The van der Waals surface area contributed by atoms with Crippen molar-refractivity contribution in [2.24, 2.45) is 4.99 Å². The number of carboxylic acids is 1. The van der Waals surface area contributed by atoms with Crippen LogP contribution >= 0.6 is 0 Å². The molecule has 7 nitrogen and oxygen atoms in total. The largest absolute Gasteiger partial charge is 0.480 e. The van der Waals surface area contributed by atoms with Crippen molar-refractivity contribution in [2.45, 2.75) is 13.3 Å². The summed E-state index contributed by atoms with van der Waals surface area (Å²) in [5.41, 5.74) is 2.02. The van der Waals surface area contributed by atoms with Crippen LogP contribution in [0, 0.1) is 0 Å².